The highest BCUT2D eigenvalue weighted by molar-refractivity contribution is 6.04. The monoisotopic (exact) mass is 389 g/mol. The van der Waals surface area contributed by atoms with Crippen LogP contribution in [0.25, 0.3) is 0 Å². The second kappa shape index (κ2) is 8.92. The van der Waals surface area contributed by atoms with Gasteiger partial charge in [-0.25, -0.2) is 4.79 Å². The number of ether oxygens (including phenoxy) is 1. The van der Waals surface area contributed by atoms with E-state index in [9.17, 15) is 14.7 Å². The number of hydrogen-bond acceptors (Lipinski definition) is 5. The van der Waals surface area contributed by atoms with Crippen LogP contribution in [0, 0.1) is 0 Å². The van der Waals surface area contributed by atoms with E-state index in [1.807, 2.05) is 30.3 Å². The molecular formula is C19H27N5O4. The van der Waals surface area contributed by atoms with Crippen molar-refractivity contribution in [3.05, 3.63) is 30.3 Å². The van der Waals surface area contributed by atoms with Crippen LogP contribution in [0.3, 0.4) is 0 Å². The van der Waals surface area contributed by atoms with E-state index in [-0.39, 0.29) is 13.2 Å². The summed E-state index contributed by atoms with van der Waals surface area (Å²) in [5.41, 5.74) is 0. The number of rotatable bonds is 8. The third-order valence-corrected chi connectivity index (χ3v) is 4.79. The van der Waals surface area contributed by atoms with Crippen molar-refractivity contribution in [2.75, 3.05) is 26.7 Å². The first-order valence-corrected chi connectivity index (χ1v) is 9.52. The number of nitrogens with one attached hydrogen (secondary N) is 2. The third-order valence-electron chi connectivity index (χ3n) is 4.79. The lowest BCUT2D eigenvalue weighted by Crippen LogP contribution is -2.65. The Balaban J connectivity index is 1.71. The van der Waals surface area contributed by atoms with Gasteiger partial charge in [0.1, 0.15) is 24.6 Å². The lowest BCUT2D eigenvalue weighted by Gasteiger charge is -2.35. The topological polar surface area (TPSA) is 106 Å². The van der Waals surface area contributed by atoms with Crippen molar-refractivity contribution in [3.63, 3.8) is 0 Å². The lowest BCUT2D eigenvalue weighted by molar-refractivity contribution is -0.127. The summed E-state index contributed by atoms with van der Waals surface area (Å²) in [4.78, 5) is 32.1. The minimum atomic E-state index is -0.840. The van der Waals surface area contributed by atoms with E-state index < -0.39 is 30.2 Å². The number of β-amino-alcohol motifs (C(OH)–C–C–N with tert-alkyl or cyclic N) is 1. The molecule has 3 N–H and O–H groups in total. The SMILES string of the molecule is CCCCN=C1NC2C(C(=O)NC(=O)N2C)N1CC(O)COc1ccccc1. The molecule has 0 aliphatic carbocycles. The molecular weight excluding hydrogens is 362 g/mol. The lowest BCUT2D eigenvalue weighted by atomic mass is 10.1. The van der Waals surface area contributed by atoms with E-state index in [1.165, 1.54) is 4.90 Å². The summed E-state index contributed by atoms with van der Waals surface area (Å²) in [6.07, 6.45) is 0.544. The summed E-state index contributed by atoms with van der Waals surface area (Å²) >= 11 is 0. The maximum atomic E-state index is 12.5. The number of urea groups is 1. The molecule has 2 saturated heterocycles. The van der Waals surface area contributed by atoms with Crippen molar-refractivity contribution in [1.29, 1.82) is 0 Å². The van der Waals surface area contributed by atoms with Crippen LogP contribution in [0.15, 0.2) is 35.3 Å². The number of nitrogens with zero attached hydrogens (tertiary/aromatic N) is 3. The third kappa shape index (κ3) is 4.36. The van der Waals surface area contributed by atoms with Gasteiger partial charge in [-0.3, -0.25) is 15.1 Å². The fourth-order valence-electron chi connectivity index (χ4n) is 3.25. The molecule has 152 valence electrons. The molecule has 3 unspecified atom stereocenters. The molecule has 1 aromatic rings. The summed E-state index contributed by atoms with van der Waals surface area (Å²) in [5.74, 6) is 0.771. The van der Waals surface area contributed by atoms with Crippen molar-refractivity contribution >= 4 is 17.9 Å². The zero-order valence-corrected chi connectivity index (χ0v) is 16.2. The molecule has 2 aliphatic rings. The van der Waals surface area contributed by atoms with Crippen LogP contribution in [0.5, 0.6) is 5.75 Å². The summed E-state index contributed by atoms with van der Waals surface area (Å²) in [5, 5.41) is 16.0. The number of amides is 3. The summed E-state index contributed by atoms with van der Waals surface area (Å²) in [6, 6.07) is 8.11. The number of aliphatic hydroxyl groups is 1. The quantitative estimate of drug-likeness (QED) is 0.555. The van der Waals surface area contributed by atoms with Crippen LogP contribution < -0.4 is 15.4 Å². The minimum absolute atomic E-state index is 0.0799. The second-order valence-electron chi connectivity index (χ2n) is 6.93. The number of fused-ring (bicyclic) bond motifs is 1. The second-order valence-corrected chi connectivity index (χ2v) is 6.93. The van der Waals surface area contributed by atoms with Gasteiger partial charge in [0.05, 0.1) is 6.54 Å². The van der Waals surface area contributed by atoms with E-state index in [0.717, 1.165) is 12.8 Å². The number of aliphatic imine (C=N–C) groups is 1. The molecule has 0 bridgehead atoms. The number of imide groups is 1. The molecule has 3 atom stereocenters. The highest BCUT2D eigenvalue weighted by Crippen LogP contribution is 2.21. The van der Waals surface area contributed by atoms with Gasteiger partial charge in [0, 0.05) is 13.6 Å². The van der Waals surface area contributed by atoms with Crippen molar-refractivity contribution in [3.8, 4) is 5.75 Å². The number of likely N-dealkylation sites (N-methyl/N-ethyl adjacent to an activating group) is 1. The number of carbonyl (C=O) groups excluding carboxylic acids is 2. The maximum Gasteiger partial charge on any atom is 0.325 e. The van der Waals surface area contributed by atoms with E-state index in [0.29, 0.717) is 18.3 Å². The van der Waals surface area contributed by atoms with Gasteiger partial charge in [-0.05, 0) is 18.6 Å². The molecule has 0 radical (unpaired) electrons. The first kappa shape index (κ1) is 19.9. The molecule has 9 heteroatoms. The number of guanidine groups is 1. The Morgan fingerprint density at radius 2 is 2.04 bits per heavy atom. The molecule has 3 amide bonds. The zero-order valence-electron chi connectivity index (χ0n) is 16.2. The van der Waals surface area contributed by atoms with E-state index >= 15 is 0 Å². The van der Waals surface area contributed by atoms with Crippen LogP contribution in [0.1, 0.15) is 19.8 Å². The largest absolute Gasteiger partial charge is 0.491 e. The number of carbonyl (C=O) groups is 2. The first-order valence-electron chi connectivity index (χ1n) is 9.52. The Hall–Kier alpha value is -2.81. The van der Waals surface area contributed by atoms with Crippen molar-refractivity contribution in [2.45, 2.75) is 38.1 Å². The van der Waals surface area contributed by atoms with Gasteiger partial charge in [-0.15, -0.1) is 0 Å². The predicted octanol–water partition coefficient (Wildman–Crippen LogP) is 0.364. The highest BCUT2D eigenvalue weighted by atomic mass is 16.5. The molecule has 2 aliphatic heterocycles. The molecule has 1 aromatic carbocycles. The van der Waals surface area contributed by atoms with Gasteiger partial charge < -0.3 is 25.0 Å². The smallest absolute Gasteiger partial charge is 0.325 e. The molecule has 2 fully saturated rings. The van der Waals surface area contributed by atoms with Crippen LogP contribution in [-0.2, 0) is 4.79 Å². The maximum absolute atomic E-state index is 12.5. The molecule has 0 aromatic heterocycles. The number of aliphatic hydroxyl groups excluding tert-OH is 1. The van der Waals surface area contributed by atoms with Gasteiger partial charge in [0.25, 0.3) is 5.91 Å². The molecule has 2 heterocycles. The van der Waals surface area contributed by atoms with Crippen LogP contribution in [0.4, 0.5) is 4.79 Å². The Morgan fingerprint density at radius 3 is 2.75 bits per heavy atom. The van der Waals surface area contributed by atoms with Gasteiger partial charge >= 0.3 is 6.03 Å². The van der Waals surface area contributed by atoms with E-state index in [4.69, 9.17) is 4.74 Å². The van der Waals surface area contributed by atoms with Gasteiger partial charge in [0.15, 0.2) is 12.0 Å². The molecule has 3 rings (SSSR count). The summed E-state index contributed by atoms with van der Waals surface area (Å²) < 4.78 is 5.61. The van der Waals surface area contributed by atoms with E-state index in [1.54, 1.807) is 11.9 Å². The number of benzene rings is 1. The molecule has 9 nitrogen and oxygen atoms in total. The number of unbranched alkanes of at least 4 members (excludes halogenated alkanes) is 1. The van der Waals surface area contributed by atoms with Gasteiger partial charge in [-0.1, -0.05) is 31.5 Å². The van der Waals surface area contributed by atoms with Gasteiger partial charge in [0.2, 0.25) is 0 Å². The predicted molar refractivity (Wildman–Crippen MR) is 104 cm³/mol. The number of hydrogen-bond donors (Lipinski definition) is 3. The van der Waals surface area contributed by atoms with Crippen molar-refractivity contribution in [2.24, 2.45) is 4.99 Å². The summed E-state index contributed by atoms with van der Waals surface area (Å²) in [6.45, 7) is 2.91. The highest BCUT2D eigenvalue weighted by Gasteiger charge is 2.50. The van der Waals surface area contributed by atoms with Crippen LogP contribution in [0.2, 0.25) is 0 Å². The Morgan fingerprint density at radius 1 is 1.29 bits per heavy atom. The first-order chi connectivity index (χ1) is 13.5. The van der Waals surface area contributed by atoms with Gasteiger partial charge in [-0.2, -0.15) is 0 Å². The molecule has 0 saturated carbocycles. The van der Waals surface area contributed by atoms with Crippen LogP contribution >= 0.6 is 0 Å². The Bertz CT molecular complexity index is 726. The molecule has 28 heavy (non-hydrogen) atoms. The Kier molecular flexibility index (Phi) is 6.35. The zero-order chi connectivity index (χ0) is 20.1. The average molecular weight is 389 g/mol. The number of para-hydroxylation sites is 1. The standard InChI is InChI=1S/C19H27N5O4/c1-3-4-10-20-18-21-16-15(17(26)22-19(27)23(16)2)24(18)11-13(25)12-28-14-8-6-5-7-9-14/h5-9,13,15-16,25H,3-4,10-12H2,1-2H3,(H,20,21)(H,22,26,27). The normalized spacial score (nSPS) is 24.0. The Labute approximate surface area is 164 Å². The average Bonchev–Trinajstić information content (AvgIpc) is 3.04. The van der Waals surface area contributed by atoms with Crippen LogP contribution in [-0.4, -0.2) is 77.9 Å². The fraction of sp³-hybridized carbons (Fsp3) is 0.526. The molecule has 0 spiro atoms. The van der Waals surface area contributed by atoms with Crippen molar-refractivity contribution in [1.82, 2.24) is 20.4 Å². The minimum Gasteiger partial charge on any atom is -0.491 e. The summed E-state index contributed by atoms with van der Waals surface area (Å²) in [7, 11) is 1.62. The van der Waals surface area contributed by atoms with E-state index in [2.05, 4.69) is 22.5 Å². The fourth-order valence-corrected chi connectivity index (χ4v) is 3.25. The van der Waals surface area contributed by atoms with Crippen molar-refractivity contribution < 1.29 is 19.4 Å².